The minimum Gasteiger partial charge on any atom is -0.484 e. The Morgan fingerprint density at radius 2 is 1.73 bits per heavy atom. The lowest BCUT2D eigenvalue weighted by atomic mass is 10.2. The first-order valence-electron chi connectivity index (χ1n) is 10.7. The van der Waals surface area contributed by atoms with Gasteiger partial charge in [0.2, 0.25) is 0 Å². The quantitative estimate of drug-likeness (QED) is 0.398. The van der Waals surface area contributed by atoms with Crippen molar-refractivity contribution in [2.45, 2.75) is 26.4 Å². The highest BCUT2D eigenvalue weighted by molar-refractivity contribution is 6.08. The Morgan fingerprint density at radius 3 is 2.42 bits per heavy atom. The van der Waals surface area contributed by atoms with Gasteiger partial charge in [-0.15, -0.1) is 0 Å². The average Bonchev–Trinajstić information content (AvgIpc) is 3.07. The first kappa shape index (κ1) is 22.1. The van der Waals surface area contributed by atoms with E-state index >= 15 is 0 Å². The molecule has 0 aliphatic carbocycles. The third-order valence-electron chi connectivity index (χ3n) is 5.05. The lowest BCUT2D eigenvalue weighted by Crippen LogP contribution is -2.38. The number of ether oxygens (including phenoxy) is 2. The Bertz CT molecular complexity index is 1300. The number of fused-ring (bicyclic) bond motifs is 2. The summed E-state index contributed by atoms with van der Waals surface area (Å²) in [6.07, 6.45) is 0. The van der Waals surface area contributed by atoms with Gasteiger partial charge in [-0.3, -0.25) is 4.79 Å². The standard InChI is InChI=1S/C24H25N5O4/c1-3-32-24(31)20-21-23(28-18-12-8-7-11-17(18)27-21)29(22(20)25)13-15(2)26-19(30)14-33-16-9-5-4-6-10-16/h4-12,15H,3,13-14,25H2,1-2H3,(H,26,30). The first-order chi connectivity index (χ1) is 16.0. The number of carbonyl (C=O) groups is 2. The normalized spacial score (nSPS) is 11.9. The summed E-state index contributed by atoms with van der Waals surface area (Å²) in [7, 11) is 0. The maximum absolute atomic E-state index is 12.6. The van der Waals surface area contributed by atoms with Crippen molar-refractivity contribution in [3.63, 3.8) is 0 Å². The molecule has 170 valence electrons. The number of amides is 1. The summed E-state index contributed by atoms with van der Waals surface area (Å²) in [6.45, 7) is 3.94. The molecule has 4 aromatic rings. The monoisotopic (exact) mass is 447 g/mol. The van der Waals surface area contributed by atoms with Crippen molar-refractivity contribution in [3.8, 4) is 5.75 Å². The van der Waals surface area contributed by atoms with Crippen LogP contribution in [-0.4, -0.2) is 45.7 Å². The van der Waals surface area contributed by atoms with Crippen LogP contribution in [0, 0.1) is 0 Å². The molecule has 0 saturated carbocycles. The molecular weight excluding hydrogens is 422 g/mol. The second kappa shape index (κ2) is 9.56. The smallest absolute Gasteiger partial charge is 0.344 e. The van der Waals surface area contributed by atoms with E-state index in [9.17, 15) is 9.59 Å². The molecule has 0 radical (unpaired) electrons. The zero-order valence-electron chi connectivity index (χ0n) is 18.4. The summed E-state index contributed by atoms with van der Waals surface area (Å²) in [4.78, 5) is 34.3. The van der Waals surface area contributed by atoms with Gasteiger partial charge in [0.05, 0.1) is 17.6 Å². The number of para-hydroxylation sites is 3. The molecule has 9 heteroatoms. The Morgan fingerprint density at radius 1 is 1.06 bits per heavy atom. The summed E-state index contributed by atoms with van der Waals surface area (Å²) < 4.78 is 12.4. The van der Waals surface area contributed by atoms with Gasteiger partial charge < -0.3 is 25.1 Å². The van der Waals surface area contributed by atoms with Gasteiger partial charge >= 0.3 is 5.97 Å². The second-order valence-corrected chi connectivity index (χ2v) is 7.55. The molecule has 1 unspecified atom stereocenters. The van der Waals surface area contributed by atoms with E-state index in [1.165, 1.54) is 0 Å². The summed E-state index contributed by atoms with van der Waals surface area (Å²) in [6, 6.07) is 16.2. The number of esters is 1. The zero-order valence-corrected chi connectivity index (χ0v) is 18.4. The van der Waals surface area contributed by atoms with Gasteiger partial charge in [0.1, 0.15) is 22.6 Å². The van der Waals surface area contributed by atoms with E-state index in [1.807, 2.05) is 49.4 Å². The number of rotatable bonds is 8. The summed E-state index contributed by atoms with van der Waals surface area (Å²) in [5.74, 6) is -0.0256. The summed E-state index contributed by atoms with van der Waals surface area (Å²) in [5.41, 5.74) is 8.69. The predicted molar refractivity (Wildman–Crippen MR) is 125 cm³/mol. The van der Waals surface area contributed by atoms with E-state index in [2.05, 4.69) is 15.3 Å². The third kappa shape index (κ3) is 4.72. The minimum absolute atomic E-state index is 0.116. The maximum Gasteiger partial charge on any atom is 0.344 e. The van der Waals surface area contributed by atoms with Crippen LogP contribution in [0.1, 0.15) is 24.2 Å². The number of aromatic nitrogens is 3. The largest absolute Gasteiger partial charge is 0.484 e. The molecule has 1 amide bonds. The van der Waals surface area contributed by atoms with Crippen molar-refractivity contribution in [2.24, 2.45) is 0 Å². The van der Waals surface area contributed by atoms with Crippen molar-refractivity contribution in [1.82, 2.24) is 19.9 Å². The van der Waals surface area contributed by atoms with Gasteiger partial charge in [-0.05, 0) is 38.1 Å². The number of anilines is 1. The molecule has 4 rings (SSSR count). The topological polar surface area (TPSA) is 121 Å². The van der Waals surface area contributed by atoms with E-state index < -0.39 is 5.97 Å². The number of hydrogen-bond acceptors (Lipinski definition) is 7. The fourth-order valence-electron chi connectivity index (χ4n) is 3.61. The van der Waals surface area contributed by atoms with Crippen molar-refractivity contribution in [3.05, 3.63) is 60.2 Å². The van der Waals surface area contributed by atoms with Crippen LogP contribution < -0.4 is 15.8 Å². The molecule has 0 bridgehead atoms. The van der Waals surface area contributed by atoms with E-state index in [4.69, 9.17) is 15.2 Å². The molecule has 0 aliphatic rings. The Labute approximate surface area is 190 Å². The predicted octanol–water partition coefficient (Wildman–Crippen LogP) is 2.93. The fourth-order valence-corrected chi connectivity index (χ4v) is 3.61. The molecule has 33 heavy (non-hydrogen) atoms. The van der Waals surface area contributed by atoms with Crippen LogP contribution in [0.5, 0.6) is 5.75 Å². The van der Waals surface area contributed by atoms with Crippen LogP contribution in [0.15, 0.2) is 54.6 Å². The molecule has 9 nitrogen and oxygen atoms in total. The minimum atomic E-state index is -0.559. The molecule has 0 saturated heterocycles. The molecule has 0 aliphatic heterocycles. The van der Waals surface area contributed by atoms with Crippen LogP contribution in [-0.2, 0) is 16.1 Å². The zero-order chi connectivity index (χ0) is 23.4. The molecule has 2 aromatic heterocycles. The number of carbonyl (C=O) groups excluding carboxylic acids is 2. The van der Waals surface area contributed by atoms with Crippen molar-refractivity contribution in [2.75, 3.05) is 18.9 Å². The number of benzene rings is 2. The van der Waals surface area contributed by atoms with Gasteiger partial charge in [0.15, 0.2) is 12.3 Å². The average molecular weight is 447 g/mol. The molecule has 1 atom stereocenters. The molecular formula is C24H25N5O4. The van der Waals surface area contributed by atoms with Crippen molar-refractivity contribution >= 4 is 39.9 Å². The maximum atomic E-state index is 12.6. The highest BCUT2D eigenvalue weighted by Crippen LogP contribution is 2.28. The van der Waals surface area contributed by atoms with E-state index in [-0.39, 0.29) is 43.1 Å². The van der Waals surface area contributed by atoms with Gasteiger partial charge in [-0.2, -0.15) is 0 Å². The molecule has 0 fully saturated rings. The number of nitrogen functional groups attached to an aromatic ring is 1. The highest BCUT2D eigenvalue weighted by atomic mass is 16.5. The summed E-state index contributed by atoms with van der Waals surface area (Å²) in [5, 5.41) is 2.89. The van der Waals surface area contributed by atoms with Crippen LogP contribution >= 0.6 is 0 Å². The number of nitrogens with one attached hydrogen (secondary N) is 1. The summed E-state index contributed by atoms with van der Waals surface area (Å²) >= 11 is 0. The Hall–Kier alpha value is -4.14. The number of nitrogens with two attached hydrogens (primary N) is 1. The second-order valence-electron chi connectivity index (χ2n) is 7.55. The fraction of sp³-hybridized carbons (Fsp3) is 0.250. The lowest BCUT2D eigenvalue weighted by Gasteiger charge is -2.17. The molecule has 2 aromatic carbocycles. The Kier molecular flexibility index (Phi) is 6.39. The van der Waals surface area contributed by atoms with Gasteiger partial charge in [-0.25, -0.2) is 14.8 Å². The molecule has 2 heterocycles. The molecule has 3 N–H and O–H groups in total. The van der Waals surface area contributed by atoms with E-state index in [0.717, 1.165) is 0 Å². The van der Waals surface area contributed by atoms with Crippen LogP contribution in [0.4, 0.5) is 5.82 Å². The van der Waals surface area contributed by atoms with Crippen LogP contribution in [0.25, 0.3) is 22.2 Å². The molecule has 0 spiro atoms. The number of hydrogen-bond donors (Lipinski definition) is 2. The van der Waals surface area contributed by atoms with Crippen molar-refractivity contribution < 1.29 is 19.1 Å². The van der Waals surface area contributed by atoms with E-state index in [1.54, 1.807) is 23.6 Å². The van der Waals surface area contributed by atoms with Crippen molar-refractivity contribution in [1.29, 1.82) is 0 Å². The van der Waals surface area contributed by atoms with Gasteiger partial charge in [-0.1, -0.05) is 30.3 Å². The number of nitrogens with zero attached hydrogens (tertiary/aromatic N) is 3. The van der Waals surface area contributed by atoms with Crippen LogP contribution in [0.3, 0.4) is 0 Å². The van der Waals surface area contributed by atoms with E-state index in [0.29, 0.717) is 27.9 Å². The highest BCUT2D eigenvalue weighted by Gasteiger charge is 2.26. The third-order valence-corrected chi connectivity index (χ3v) is 5.05. The SMILES string of the molecule is CCOC(=O)c1c(N)n(CC(C)NC(=O)COc2ccccc2)c2nc3ccccc3nc12. The van der Waals surface area contributed by atoms with Gasteiger partial charge in [0.25, 0.3) is 5.91 Å². The van der Waals surface area contributed by atoms with Gasteiger partial charge in [0, 0.05) is 12.6 Å². The lowest BCUT2D eigenvalue weighted by molar-refractivity contribution is -0.123. The van der Waals surface area contributed by atoms with Crippen LogP contribution in [0.2, 0.25) is 0 Å². The Balaban J connectivity index is 1.59. The first-order valence-corrected chi connectivity index (χ1v) is 10.7.